The summed E-state index contributed by atoms with van der Waals surface area (Å²) < 4.78 is 3.59. The predicted molar refractivity (Wildman–Crippen MR) is 149 cm³/mol. The van der Waals surface area contributed by atoms with Gasteiger partial charge in [0.05, 0.1) is 0 Å². The number of fused-ring (bicyclic) bond motifs is 1. The summed E-state index contributed by atoms with van der Waals surface area (Å²) in [5.41, 5.74) is 5.74. The molecule has 6 heteroatoms. The molecule has 2 aromatic heterocycles. The quantitative estimate of drug-likeness (QED) is 0.280. The molecule has 0 aliphatic heterocycles. The van der Waals surface area contributed by atoms with Gasteiger partial charge < -0.3 is 9.67 Å². The van der Waals surface area contributed by atoms with Crippen LogP contribution in [0.4, 0.5) is 0 Å². The molecule has 172 valence electrons. The zero-order valence-corrected chi connectivity index (χ0v) is 22.0. The number of pyridine rings is 1. The summed E-state index contributed by atoms with van der Waals surface area (Å²) >= 11 is 2.20. The first-order valence-electron chi connectivity index (χ1n) is 10.9. The van der Waals surface area contributed by atoms with Crippen LogP contribution in [-0.4, -0.2) is 20.3 Å². The highest BCUT2D eigenvalue weighted by Gasteiger charge is 2.37. The Morgan fingerprint density at radius 1 is 1.27 bits per heavy atom. The average Bonchev–Trinajstić information content (AvgIpc) is 3.47. The molecule has 1 N–H and O–H groups in total. The van der Waals surface area contributed by atoms with Crippen molar-refractivity contribution in [3.63, 3.8) is 0 Å². The topological polar surface area (TPSA) is 47.2 Å². The van der Waals surface area contributed by atoms with Gasteiger partial charge in [-0.1, -0.05) is 48.1 Å². The summed E-state index contributed by atoms with van der Waals surface area (Å²) in [5, 5.41) is 10.7. The standard InChI is InChI=1S/C25H27IN2O2S.C2H2/c1-18(22-17-27(2)24(30)23-21(22)11-14-28(23)31-26)8-9-19-10-12-25(16-19,13-15-29)20-6-4-3-5-7-20;1-2/h3-9,11,14,17,29H,10,12-13,15-16H2,1-2H3;1-2H/b18-8+,19-9-;. The molecule has 1 atom stereocenters. The Morgan fingerprint density at radius 3 is 2.67 bits per heavy atom. The van der Waals surface area contributed by atoms with Crippen molar-refractivity contribution >= 4 is 46.8 Å². The summed E-state index contributed by atoms with van der Waals surface area (Å²) in [6.07, 6.45) is 20.2. The molecule has 1 fully saturated rings. The first kappa shape index (κ1) is 25.4. The fourth-order valence-electron chi connectivity index (χ4n) is 4.80. The lowest BCUT2D eigenvalue weighted by Crippen LogP contribution is -2.23. The highest BCUT2D eigenvalue weighted by atomic mass is 127. The number of hydrogen-bond donors (Lipinski definition) is 1. The van der Waals surface area contributed by atoms with Gasteiger partial charge in [0.25, 0.3) is 5.56 Å². The molecule has 1 saturated carbocycles. The lowest BCUT2D eigenvalue weighted by Gasteiger charge is -2.28. The second-order valence-electron chi connectivity index (χ2n) is 8.40. The van der Waals surface area contributed by atoms with E-state index in [9.17, 15) is 9.90 Å². The fourth-order valence-corrected chi connectivity index (χ4v) is 6.13. The molecule has 0 bridgehead atoms. The van der Waals surface area contributed by atoms with Crippen molar-refractivity contribution in [3.05, 3.63) is 88.0 Å². The maximum absolute atomic E-state index is 12.7. The Kier molecular flexibility index (Phi) is 8.69. The van der Waals surface area contributed by atoms with Crippen molar-refractivity contribution in [1.29, 1.82) is 0 Å². The maximum atomic E-state index is 12.7. The van der Waals surface area contributed by atoms with Crippen molar-refractivity contribution in [2.75, 3.05) is 6.61 Å². The Labute approximate surface area is 212 Å². The number of benzene rings is 1. The Hall–Kier alpha value is -2.21. The van der Waals surface area contributed by atoms with Gasteiger partial charge in [0.1, 0.15) is 5.52 Å². The van der Waals surface area contributed by atoms with Crippen molar-refractivity contribution in [2.45, 2.75) is 38.0 Å². The van der Waals surface area contributed by atoms with Crippen LogP contribution in [0.5, 0.6) is 0 Å². The summed E-state index contributed by atoms with van der Waals surface area (Å²) in [6.45, 7) is 2.32. The van der Waals surface area contributed by atoms with E-state index >= 15 is 0 Å². The number of aromatic nitrogens is 2. The van der Waals surface area contributed by atoms with Crippen LogP contribution < -0.4 is 5.56 Å². The molecular weight excluding hydrogens is 543 g/mol. The molecule has 4 nitrogen and oxygen atoms in total. The highest BCUT2D eigenvalue weighted by molar-refractivity contribution is 14.2. The number of halogens is 1. The second kappa shape index (κ2) is 11.3. The molecule has 1 unspecified atom stereocenters. The monoisotopic (exact) mass is 572 g/mol. The van der Waals surface area contributed by atoms with E-state index in [-0.39, 0.29) is 17.6 Å². The van der Waals surface area contributed by atoms with Crippen LogP contribution in [0, 0.1) is 12.8 Å². The molecule has 4 rings (SSSR count). The van der Waals surface area contributed by atoms with E-state index in [0.29, 0.717) is 0 Å². The Balaban J connectivity index is 0.00000149. The van der Waals surface area contributed by atoms with Crippen LogP contribution in [0.15, 0.2) is 71.3 Å². The largest absolute Gasteiger partial charge is 0.396 e. The summed E-state index contributed by atoms with van der Waals surface area (Å²) in [7, 11) is 3.32. The van der Waals surface area contributed by atoms with Crippen molar-refractivity contribution in [1.82, 2.24) is 8.54 Å². The predicted octanol–water partition coefficient (Wildman–Crippen LogP) is 6.27. The first-order chi connectivity index (χ1) is 16.0. The van der Waals surface area contributed by atoms with Crippen LogP contribution in [-0.2, 0) is 12.5 Å². The van der Waals surface area contributed by atoms with Gasteiger partial charge in [0.15, 0.2) is 0 Å². The van der Waals surface area contributed by atoms with Crippen molar-refractivity contribution in [2.24, 2.45) is 7.05 Å². The number of nitrogens with zero attached hydrogens (tertiary/aromatic N) is 2. The van der Waals surface area contributed by atoms with E-state index in [0.717, 1.165) is 47.7 Å². The van der Waals surface area contributed by atoms with Gasteiger partial charge in [0.2, 0.25) is 0 Å². The zero-order chi connectivity index (χ0) is 24.0. The van der Waals surface area contributed by atoms with Gasteiger partial charge in [0, 0.05) is 72.7 Å². The van der Waals surface area contributed by atoms with Gasteiger partial charge in [-0.15, -0.1) is 12.8 Å². The number of terminal acetylenes is 1. The molecule has 0 radical (unpaired) electrons. The van der Waals surface area contributed by atoms with E-state index in [1.165, 1.54) is 20.3 Å². The van der Waals surface area contributed by atoms with E-state index in [2.05, 4.69) is 77.4 Å². The molecular formula is C27H29IN2O2S. The van der Waals surface area contributed by atoms with Crippen molar-refractivity contribution in [3.8, 4) is 12.8 Å². The van der Waals surface area contributed by atoms with Gasteiger partial charge in [-0.05, 0) is 49.8 Å². The maximum Gasteiger partial charge on any atom is 0.275 e. The van der Waals surface area contributed by atoms with Crippen LogP contribution in [0.1, 0.15) is 43.7 Å². The Morgan fingerprint density at radius 2 is 2.00 bits per heavy atom. The summed E-state index contributed by atoms with van der Waals surface area (Å²) in [4.78, 5) is 12.7. The van der Waals surface area contributed by atoms with Crippen LogP contribution in [0.25, 0.3) is 16.5 Å². The van der Waals surface area contributed by atoms with Crippen LogP contribution in [0.3, 0.4) is 0 Å². The third-order valence-corrected chi connectivity index (χ3v) is 8.25. The van der Waals surface area contributed by atoms with E-state index in [1.54, 1.807) is 4.57 Å². The first-order valence-corrected chi connectivity index (χ1v) is 14.2. The normalized spacial score (nSPS) is 19.6. The number of aryl methyl sites for hydroxylation is 1. The molecule has 1 aliphatic carbocycles. The third kappa shape index (κ3) is 5.16. The third-order valence-electron chi connectivity index (χ3n) is 6.52. The van der Waals surface area contributed by atoms with Gasteiger partial charge in [-0.3, -0.25) is 8.77 Å². The molecule has 1 aromatic carbocycles. The smallest absolute Gasteiger partial charge is 0.275 e. The number of allylic oxidation sites excluding steroid dienone is 4. The Bertz CT molecular complexity index is 1250. The summed E-state index contributed by atoms with van der Waals surface area (Å²) in [6, 6.07) is 12.6. The van der Waals surface area contributed by atoms with E-state index < -0.39 is 0 Å². The van der Waals surface area contributed by atoms with E-state index in [4.69, 9.17) is 0 Å². The molecule has 3 aromatic rings. The average molecular weight is 573 g/mol. The second-order valence-corrected chi connectivity index (χ2v) is 10.1. The number of aliphatic hydroxyl groups excluding tert-OH is 1. The minimum absolute atomic E-state index is 0.0199. The molecule has 2 heterocycles. The minimum Gasteiger partial charge on any atom is -0.396 e. The zero-order valence-electron chi connectivity index (χ0n) is 19.0. The number of rotatable bonds is 6. The van der Waals surface area contributed by atoms with Crippen LogP contribution in [0.2, 0.25) is 0 Å². The molecule has 0 amide bonds. The summed E-state index contributed by atoms with van der Waals surface area (Å²) in [5.74, 6) is 0. The lowest BCUT2D eigenvalue weighted by molar-refractivity contribution is 0.239. The molecule has 0 spiro atoms. The number of hydrogen-bond acceptors (Lipinski definition) is 3. The SMILES string of the molecule is C#C.C/C(=C\C=C1\CCC(CCO)(c2ccccc2)C1)c1cn(C)c(=O)c2c1ccn2SI. The lowest BCUT2D eigenvalue weighted by atomic mass is 9.76. The molecule has 0 saturated heterocycles. The number of aliphatic hydroxyl groups is 1. The van der Waals surface area contributed by atoms with Crippen molar-refractivity contribution < 1.29 is 5.11 Å². The molecule has 1 aliphatic rings. The van der Waals surface area contributed by atoms with Crippen LogP contribution >= 0.6 is 30.3 Å². The van der Waals surface area contributed by atoms with Gasteiger partial charge in [-0.25, -0.2) is 0 Å². The van der Waals surface area contributed by atoms with Gasteiger partial charge in [-0.2, -0.15) is 0 Å². The van der Waals surface area contributed by atoms with E-state index in [1.807, 2.05) is 35.5 Å². The highest BCUT2D eigenvalue weighted by Crippen LogP contribution is 2.46. The van der Waals surface area contributed by atoms with Gasteiger partial charge >= 0.3 is 0 Å². The minimum atomic E-state index is 0.0199. The molecule has 33 heavy (non-hydrogen) atoms. The fraction of sp³-hybridized carbons (Fsp3) is 0.296.